The lowest BCUT2D eigenvalue weighted by Gasteiger charge is -2.26. The number of carbonyl (C=O) groups is 2. The zero-order chi connectivity index (χ0) is 22.3. The van der Waals surface area contributed by atoms with Gasteiger partial charge in [-0.15, -0.1) is 0 Å². The van der Waals surface area contributed by atoms with Gasteiger partial charge in [0.2, 0.25) is 0 Å². The van der Waals surface area contributed by atoms with E-state index in [2.05, 4.69) is 4.98 Å². The van der Waals surface area contributed by atoms with Gasteiger partial charge in [-0.1, -0.05) is 11.6 Å². The van der Waals surface area contributed by atoms with Crippen LogP contribution in [0.2, 0.25) is 5.02 Å². The maximum atomic E-state index is 13.0. The number of ether oxygens (including phenoxy) is 1. The molecule has 3 heterocycles. The van der Waals surface area contributed by atoms with Crippen LogP contribution in [-0.2, 0) is 10.9 Å². The molecule has 0 atom stereocenters. The standard InChI is InChI=1S/C19H22ClF3N4O3/c1-18(2,3)30-17(29)26-6-4-5-25(7-8-26)16(28)14-11-27-10-12(19(21,22)23)9-13(20)15(27)24-14/h9-11H,4-8H2,1-3H3. The van der Waals surface area contributed by atoms with Gasteiger partial charge in [-0.2, -0.15) is 13.2 Å². The number of carbonyl (C=O) groups excluding carboxylic acids is 2. The predicted octanol–water partition coefficient (Wildman–Crippen LogP) is 4.09. The molecule has 164 valence electrons. The fraction of sp³-hybridized carbons (Fsp3) is 0.526. The molecule has 3 rings (SSSR count). The average Bonchev–Trinajstić information content (AvgIpc) is 2.89. The Bertz CT molecular complexity index is 968. The summed E-state index contributed by atoms with van der Waals surface area (Å²) >= 11 is 5.94. The molecule has 11 heteroatoms. The molecule has 1 aliphatic heterocycles. The van der Waals surface area contributed by atoms with E-state index in [0.29, 0.717) is 19.5 Å². The highest BCUT2D eigenvalue weighted by Gasteiger charge is 2.32. The Hall–Kier alpha value is -2.49. The number of aromatic nitrogens is 2. The highest BCUT2D eigenvalue weighted by atomic mass is 35.5. The van der Waals surface area contributed by atoms with Gasteiger partial charge in [0.25, 0.3) is 5.91 Å². The van der Waals surface area contributed by atoms with E-state index in [0.717, 1.165) is 16.7 Å². The minimum atomic E-state index is -4.57. The minimum absolute atomic E-state index is 0.0121. The van der Waals surface area contributed by atoms with Crippen molar-refractivity contribution in [2.45, 2.75) is 39.0 Å². The van der Waals surface area contributed by atoms with Crippen LogP contribution in [-0.4, -0.2) is 63.0 Å². The summed E-state index contributed by atoms with van der Waals surface area (Å²) in [7, 11) is 0. The van der Waals surface area contributed by atoms with Gasteiger partial charge in [0.1, 0.15) is 11.3 Å². The molecular formula is C19H22ClF3N4O3. The van der Waals surface area contributed by atoms with Crippen molar-refractivity contribution in [1.29, 1.82) is 0 Å². The minimum Gasteiger partial charge on any atom is -0.444 e. The SMILES string of the molecule is CC(C)(C)OC(=O)N1CCCN(C(=O)c2cn3cc(C(F)(F)F)cc(Cl)c3n2)CC1. The number of rotatable bonds is 1. The lowest BCUT2D eigenvalue weighted by molar-refractivity contribution is -0.137. The quantitative estimate of drug-likeness (QED) is 0.661. The summed E-state index contributed by atoms with van der Waals surface area (Å²) in [6.45, 7) is 6.69. The van der Waals surface area contributed by atoms with Crippen molar-refractivity contribution in [3.8, 4) is 0 Å². The summed E-state index contributed by atoms with van der Waals surface area (Å²) in [4.78, 5) is 32.3. The molecule has 2 aromatic rings. The number of amides is 2. The van der Waals surface area contributed by atoms with E-state index in [1.54, 1.807) is 20.8 Å². The smallest absolute Gasteiger partial charge is 0.417 e. The molecule has 0 aromatic carbocycles. The second kappa shape index (κ2) is 7.98. The Kier molecular flexibility index (Phi) is 5.90. The lowest BCUT2D eigenvalue weighted by Crippen LogP contribution is -2.40. The second-order valence-corrected chi connectivity index (χ2v) is 8.45. The van der Waals surface area contributed by atoms with Crippen LogP contribution in [0.5, 0.6) is 0 Å². The predicted molar refractivity (Wildman–Crippen MR) is 104 cm³/mol. The zero-order valence-electron chi connectivity index (χ0n) is 16.8. The van der Waals surface area contributed by atoms with E-state index >= 15 is 0 Å². The number of halogens is 4. The maximum Gasteiger partial charge on any atom is 0.417 e. The fourth-order valence-electron chi connectivity index (χ4n) is 3.11. The first kappa shape index (κ1) is 22.2. The Balaban J connectivity index is 1.76. The summed E-state index contributed by atoms with van der Waals surface area (Å²) in [5, 5.41) is -0.198. The van der Waals surface area contributed by atoms with Gasteiger partial charge in [-0.05, 0) is 33.3 Å². The van der Waals surface area contributed by atoms with Gasteiger partial charge < -0.3 is 18.9 Å². The number of nitrogens with zero attached hydrogens (tertiary/aromatic N) is 4. The number of hydrogen-bond donors (Lipinski definition) is 0. The maximum absolute atomic E-state index is 13.0. The summed E-state index contributed by atoms with van der Waals surface area (Å²) in [5.41, 5.74) is -1.50. The molecule has 0 aliphatic carbocycles. The largest absolute Gasteiger partial charge is 0.444 e. The number of alkyl halides is 3. The summed E-state index contributed by atoms with van der Waals surface area (Å²) in [6.07, 6.45) is -2.40. The first-order chi connectivity index (χ1) is 13.8. The first-order valence-electron chi connectivity index (χ1n) is 9.38. The summed E-state index contributed by atoms with van der Waals surface area (Å²) in [6, 6.07) is 0.781. The number of fused-ring (bicyclic) bond motifs is 1. The summed E-state index contributed by atoms with van der Waals surface area (Å²) in [5.74, 6) is -0.436. The molecule has 0 bridgehead atoms. The van der Waals surface area contributed by atoms with Crippen LogP contribution >= 0.6 is 11.6 Å². The van der Waals surface area contributed by atoms with Crippen LogP contribution in [0.1, 0.15) is 43.2 Å². The molecule has 0 N–H and O–H groups in total. The molecule has 2 amide bonds. The molecule has 0 saturated carbocycles. The van der Waals surface area contributed by atoms with Crippen LogP contribution in [0.3, 0.4) is 0 Å². The molecule has 1 saturated heterocycles. The van der Waals surface area contributed by atoms with Crippen LogP contribution in [0.4, 0.5) is 18.0 Å². The van der Waals surface area contributed by atoms with Gasteiger partial charge >= 0.3 is 12.3 Å². The van der Waals surface area contributed by atoms with Crippen molar-refractivity contribution in [1.82, 2.24) is 19.2 Å². The molecule has 0 unspecified atom stereocenters. The Morgan fingerprint density at radius 1 is 1.07 bits per heavy atom. The van der Waals surface area contributed by atoms with Crippen LogP contribution in [0, 0.1) is 0 Å². The van der Waals surface area contributed by atoms with Gasteiger partial charge in [0.15, 0.2) is 5.65 Å². The Morgan fingerprint density at radius 2 is 1.70 bits per heavy atom. The van der Waals surface area contributed by atoms with E-state index in [9.17, 15) is 22.8 Å². The van der Waals surface area contributed by atoms with E-state index in [1.165, 1.54) is 16.0 Å². The van der Waals surface area contributed by atoms with Crippen molar-refractivity contribution in [3.63, 3.8) is 0 Å². The third kappa shape index (κ3) is 4.97. The monoisotopic (exact) mass is 446 g/mol. The van der Waals surface area contributed by atoms with Gasteiger partial charge in [0, 0.05) is 38.6 Å². The van der Waals surface area contributed by atoms with Crippen LogP contribution in [0.25, 0.3) is 5.65 Å². The van der Waals surface area contributed by atoms with E-state index < -0.39 is 29.3 Å². The third-order valence-electron chi connectivity index (χ3n) is 4.49. The Labute approximate surface area is 176 Å². The summed E-state index contributed by atoms with van der Waals surface area (Å²) < 4.78 is 45.4. The fourth-order valence-corrected chi connectivity index (χ4v) is 3.36. The highest BCUT2D eigenvalue weighted by molar-refractivity contribution is 6.33. The van der Waals surface area contributed by atoms with Gasteiger partial charge in [0.05, 0.1) is 10.6 Å². The molecule has 0 spiro atoms. The average molecular weight is 447 g/mol. The van der Waals surface area contributed by atoms with Crippen molar-refractivity contribution >= 4 is 29.2 Å². The van der Waals surface area contributed by atoms with Crippen LogP contribution < -0.4 is 0 Å². The molecule has 30 heavy (non-hydrogen) atoms. The van der Waals surface area contributed by atoms with Crippen molar-refractivity contribution in [2.24, 2.45) is 0 Å². The van der Waals surface area contributed by atoms with Crippen molar-refractivity contribution < 1.29 is 27.5 Å². The molecule has 2 aromatic heterocycles. The van der Waals surface area contributed by atoms with E-state index in [-0.39, 0.29) is 29.5 Å². The molecule has 0 radical (unpaired) electrons. The van der Waals surface area contributed by atoms with E-state index in [1.807, 2.05) is 0 Å². The zero-order valence-corrected chi connectivity index (χ0v) is 17.5. The van der Waals surface area contributed by atoms with Gasteiger partial charge in [-0.25, -0.2) is 9.78 Å². The number of hydrogen-bond acceptors (Lipinski definition) is 4. The van der Waals surface area contributed by atoms with Crippen LogP contribution in [0.15, 0.2) is 18.5 Å². The van der Waals surface area contributed by atoms with Crippen molar-refractivity contribution in [2.75, 3.05) is 26.2 Å². The number of imidazole rings is 1. The topological polar surface area (TPSA) is 67.2 Å². The third-order valence-corrected chi connectivity index (χ3v) is 4.77. The molecule has 7 nitrogen and oxygen atoms in total. The molecule has 1 aliphatic rings. The highest BCUT2D eigenvalue weighted by Crippen LogP contribution is 2.32. The number of pyridine rings is 1. The molecular weight excluding hydrogens is 425 g/mol. The van der Waals surface area contributed by atoms with Gasteiger partial charge in [-0.3, -0.25) is 4.79 Å². The molecule has 1 fully saturated rings. The normalized spacial score (nSPS) is 16.0. The second-order valence-electron chi connectivity index (χ2n) is 8.04. The van der Waals surface area contributed by atoms with Crippen molar-refractivity contribution in [3.05, 3.63) is 34.7 Å². The van der Waals surface area contributed by atoms with E-state index in [4.69, 9.17) is 16.3 Å². The lowest BCUT2D eigenvalue weighted by atomic mass is 10.2. The Morgan fingerprint density at radius 3 is 2.33 bits per heavy atom. The first-order valence-corrected chi connectivity index (χ1v) is 9.75.